The Morgan fingerprint density at radius 1 is 1.29 bits per heavy atom. The predicted molar refractivity (Wildman–Crippen MR) is 58.1 cm³/mol. The van der Waals surface area contributed by atoms with Crippen molar-refractivity contribution >= 4 is 0 Å². The van der Waals surface area contributed by atoms with Gasteiger partial charge in [-0.05, 0) is 24.7 Å². The van der Waals surface area contributed by atoms with Crippen LogP contribution < -0.4 is 5.32 Å². The number of aliphatic hydroxyl groups excluding tert-OH is 1. The van der Waals surface area contributed by atoms with Crippen molar-refractivity contribution in [1.29, 1.82) is 0 Å². The summed E-state index contributed by atoms with van der Waals surface area (Å²) < 4.78 is 0. The van der Waals surface area contributed by atoms with Gasteiger partial charge in [0, 0.05) is 17.5 Å². The van der Waals surface area contributed by atoms with Crippen LogP contribution in [0.1, 0.15) is 47.0 Å². The van der Waals surface area contributed by atoms with Gasteiger partial charge in [-0.15, -0.1) is 0 Å². The van der Waals surface area contributed by atoms with E-state index in [0.29, 0.717) is 17.5 Å². The standard InChI is InChI=1S/C12H23NO/c1-5-12(4)7-9(12)13-8-6-10(14)11(8,2)3/h8-10,13-14H,5-7H2,1-4H3. The fourth-order valence-corrected chi connectivity index (χ4v) is 2.49. The molecule has 2 aliphatic carbocycles. The average molecular weight is 197 g/mol. The molecule has 0 saturated heterocycles. The maximum atomic E-state index is 9.63. The van der Waals surface area contributed by atoms with Gasteiger partial charge in [-0.1, -0.05) is 27.7 Å². The molecule has 0 spiro atoms. The van der Waals surface area contributed by atoms with E-state index >= 15 is 0 Å². The minimum atomic E-state index is -0.105. The summed E-state index contributed by atoms with van der Waals surface area (Å²) in [6, 6.07) is 1.22. The molecule has 0 aromatic carbocycles. The Morgan fingerprint density at radius 3 is 2.29 bits per heavy atom. The van der Waals surface area contributed by atoms with Crippen molar-refractivity contribution in [1.82, 2.24) is 5.32 Å². The molecule has 14 heavy (non-hydrogen) atoms. The zero-order valence-electron chi connectivity index (χ0n) is 9.80. The monoisotopic (exact) mass is 197 g/mol. The Bertz CT molecular complexity index is 238. The van der Waals surface area contributed by atoms with Gasteiger partial charge in [-0.2, -0.15) is 0 Å². The van der Waals surface area contributed by atoms with E-state index < -0.39 is 0 Å². The molecule has 4 unspecified atom stereocenters. The van der Waals surface area contributed by atoms with Crippen LogP contribution in [0, 0.1) is 10.8 Å². The molecule has 0 aromatic heterocycles. The Balaban J connectivity index is 1.84. The summed E-state index contributed by atoms with van der Waals surface area (Å²) in [7, 11) is 0. The van der Waals surface area contributed by atoms with Crippen molar-refractivity contribution in [3.8, 4) is 0 Å². The molecule has 2 N–H and O–H groups in total. The highest BCUT2D eigenvalue weighted by Crippen LogP contribution is 2.51. The van der Waals surface area contributed by atoms with Crippen molar-refractivity contribution in [3.05, 3.63) is 0 Å². The lowest BCUT2D eigenvalue weighted by Crippen LogP contribution is -2.60. The zero-order valence-corrected chi connectivity index (χ0v) is 9.80. The predicted octanol–water partition coefficient (Wildman–Crippen LogP) is 1.92. The molecule has 2 aliphatic rings. The fourth-order valence-electron chi connectivity index (χ4n) is 2.49. The highest BCUT2D eigenvalue weighted by Gasteiger charge is 2.54. The topological polar surface area (TPSA) is 32.3 Å². The van der Waals surface area contributed by atoms with Crippen molar-refractivity contribution < 1.29 is 5.11 Å². The molecule has 0 bridgehead atoms. The normalized spacial score (nSPS) is 49.9. The smallest absolute Gasteiger partial charge is 0.0621 e. The van der Waals surface area contributed by atoms with Gasteiger partial charge in [0.1, 0.15) is 0 Å². The van der Waals surface area contributed by atoms with Gasteiger partial charge in [0.15, 0.2) is 0 Å². The summed E-state index contributed by atoms with van der Waals surface area (Å²) in [5.74, 6) is 0. The lowest BCUT2D eigenvalue weighted by atomic mass is 9.64. The molecule has 2 fully saturated rings. The van der Waals surface area contributed by atoms with Gasteiger partial charge in [0.25, 0.3) is 0 Å². The number of aliphatic hydroxyl groups is 1. The van der Waals surface area contributed by atoms with Crippen LogP contribution in [0.5, 0.6) is 0 Å². The van der Waals surface area contributed by atoms with E-state index in [2.05, 4.69) is 33.0 Å². The van der Waals surface area contributed by atoms with Crippen LogP contribution in [0.25, 0.3) is 0 Å². The lowest BCUT2D eigenvalue weighted by Gasteiger charge is -2.50. The number of hydrogen-bond donors (Lipinski definition) is 2. The van der Waals surface area contributed by atoms with Crippen LogP contribution >= 0.6 is 0 Å². The Hall–Kier alpha value is -0.0800. The zero-order chi connectivity index (χ0) is 10.6. The van der Waals surface area contributed by atoms with Crippen molar-refractivity contribution in [2.75, 3.05) is 0 Å². The summed E-state index contributed by atoms with van der Waals surface area (Å²) in [6.45, 7) is 8.93. The molecule has 2 nitrogen and oxygen atoms in total. The second-order valence-electron chi connectivity index (χ2n) is 6.06. The van der Waals surface area contributed by atoms with Crippen molar-refractivity contribution in [3.63, 3.8) is 0 Å². The summed E-state index contributed by atoms with van der Waals surface area (Å²) in [5.41, 5.74) is 0.619. The van der Waals surface area contributed by atoms with Crippen molar-refractivity contribution in [2.24, 2.45) is 10.8 Å². The van der Waals surface area contributed by atoms with E-state index in [1.807, 2.05) is 0 Å². The van der Waals surface area contributed by atoms with Crippen LogP contribution in [0.4, 0.5) is 0 Å². The van der Waals surface area contributed by atoms with Crippen LogP contribution in [0.15, 0.2) is 0 Å². The third-order valence-electron chi connectivity index (χ3n) is 4.78. The van der Waals surface area contributed by atoms with E-state index in [0.717, 1.165) is 6.42 Å². The molecular formula is C12H23NO. The molecule has 0 radical (unpaired) electrons. The summed E-state index contributed by atoms with van der Waals surface area (Å²) in [5, 5.41) is 13.3. The molecule has 0 aliphatic heterocycles. The largest absolute Gasteiger partial charge is 0.392 e. The number of hydrogen-bond acceptors (Lipinski definition) is 2. The molecule has 0 amide bonds. The van der Waals surface area contributed by atoms with Crippen LogP contribution in [-0.2, 0) is 0 Å². The van der Waals surface area contributed by atoms with E-state index in [4.69, 9.17) is 0 Å². The third kappa shape index (κ3) is 1.40. The summed E-state index contributed by atoms with van der Waals surface area (Å²) in [4.78, 5) is 0. The average Bonchev–Trinajstić information content (AvgIpc) is 2.78. The van der Waals surface area contributed by atoms with Gasteiger partial charge in [0.2, 0.25) is 0 Å². The molecule has 0 heterocycles. The van der Waals surface area contributed by atoms with Gasteiger partial charge in [-0.25, -0.2) is 0 Å². The quantitative estimate of drug-likeness (QED) is 0.724. The molecule has 2 rings (SSSR count). The number of rotatable bonds is 3. The van der Waals surface area contributed by atoms with E-state index in [1.165, 1.54) is 12.8 Å². The molecule has 2 saturated carbocycles. The van der Waals surface area contributed by atoms with Gasteiger partial charge < -0.3 is 10.4 Å². The van der Waals surface area contributed by atoms with Crippen LogP contribution in [0.2, 0.25) is 0 Å². The van der Waals surface area contributed by atoms with Gasteiger partial charge in [0.05, 0.1) is 6.10 Å². The molecule has 2 heteroatoms. The summed E-state index contributed by atoms with van der Waals surface area (Å²) in [6.07, 6.45) is 3.40. The van der Waals surface area contributed by atoms with Gasteiger partial charge >= 0.3 is 0 Å². The second-order valence-corrected chi connectivity index (χ2v) is 6.06. The first-order valence-corrected chi connectivity index (χ1v) is 5.84. The third-order valence-corrected chi connectivity index (χ3v) is 4.78. The Labute approximate surface area is 87.1 Å². The first kappa shape index (κ1) is 10.4. The van der Waals surface area contributed by atoms with Crippen LogP contribution in [0.3, 0.4) is 0 Å². The van der Waals surface area contributed by atoms with E-state index in [9.17, 15) is 5.11 Å². The van der Waals surface area contributed by atoms with E-state index in [-0.39, 0.29) is 11.5 Å². The molecule has 82 valence electrons. The second kappa shape index (κ2) is 2.96. The Morgan fingerprint density at radius 2 is 1.93 bits per heavy atom. The minimum Gasteiger partial charge on any atom is -0.392 e. The van der Waals surface area contributed by atoms with E-state index in [1.54, 1.807) is 0 Å². The SMILES string of the molecule is CCC1(C)CC1NC1CC(O)C1(C)C. The highest BCUT2D eigenvalue weighted by molar-refractivity contribution is 5.10. The van der Waals surface area contributed by atoms with Gasteiger partial charge in [-0.3, -0.25) is 0 Å². The fraction of sp³-hybridized carbons (Fsp3) is 1.00. The minimum absolute atomic E-state index is 0.0806. The summed E-state index contributed by atoms with van der Waals surface area (Å²) >= 11 is 0. The lowest BCUT2D eigenvalue weighted by molar-refractivity contribution is -0.0739. The molecular weight excluding hydrogens is 174 g/mol. The maximum Gasteiger partial charge on any atom is 0.0621 e. The highest BCUT2D eigenvalue weighted by atomic mass is 16.3. The Kier molecular flexibility index (Phi) is 2.20. The molecule has 4 atom stereocenters. The number of nitrogens with one attached hydrogen (secondary N) is 1. The van der Waals surface area contributed by atoms with Crippen molar-refractivity contribution in [2.45, 2.75) is 65.1 Å². The van der Waals surface area contributed by atoms with Crippen LogP contribution in [-0.4, -0.2) is 23.3 Å². The first-order valence-electron chi connectivity index (χ1n) is 5.84. The maximum absolute atomic E-state index is 9.63. The first-order chi connectivity index (χ1) is 6.40. The molecule has 0 aromatic rings.